The van der Waals surface area contributed by atoms with Crippen molar-refractivity contribution in [2.45, 2.75) is 12.7 Å². The van der Waals surface area contributed by atoms with Crippen molar-refractivity contribution in [3.8, 4) is 0 Å². The van der Waals surface area contributed by atoms with Crippen LogP contribution in [-0.2, 0) is 5.75 Å². The van der Waals surface area contributed by atoms with Gasteiger partial charge in [-0.05, 0) is 35.4 Å². The first kappa shape index (κ1) is 9.99. The summed E-state index contributed by atoms with van der Waals surface area (Å²) in [5, 5.41) is 1.03. The lowest BCUT2D eigenvalue weighted by atomic mass is 10.2. The van der Waals surface area contributed by atoms with Gasteiger partial charge in [-0.1, -0.05) is 6.92 Å². The van der Waals surface area contributed by atoms with E-state index in [2.05, 4.69) is 13.0 Å². The minimum Gasteiger partial charge on any atom is -0.207 e. The van der Waals surface area contributed by atoms with Crippen LogP contribution in [0.4, 0.5) is 4.39 Å². The first-order valence-corrected chi connectivity index (χ1v) is 6.52. The second-order valence-electron chi connectivity index (χ2n) is 3.03. The zero-order chi connectivity index (χ0) is 9.97. The topological polar surface area (TPSA) is 0 Å². The molecule has 0 amide bonds. The first-order valence-electron chi connectivity index (χ1n) is 4.55. The van der Waals surface area contributed by atoms with Crippen molar-refractivity contribution in [2.24, 2.45) is 0 Å². The van der Waals surface area contributed by atoms with Crippen LogP contribution in [0, 0.1) is 5.82 Å². The normalized spacial score (nSPS) is 11.0. The van der Waals surface area contributed by atoms with Crippen LogP contribution < -0.4 is 0 Å². The Labute approximate surface area is 91.1 Å². The Morgan fingerprint density at radius 1 is 1.36 bits per heavy atom. The van der Waals surface area contributed by atoms with E-state index in [9.17, 15) is 4.39 Å². The van der Waals surface area contributed by atoms with Crippen LogP contribution in [-0.4, -0.2) is 5.75 Å². The Morgan fingerprint density at radius 3 is 3.00 bits per heavy atom. The number of hydrogen-bond donors (Lipinski definition) is 0. The van der Waals surface area contributed by atoms with Crippen LogP contribution in [0.15, 0.2) is 24.3 Å². The van der Waals surface area contributed by atoms with Gasteiger partial charge in [0.25, 0.3) is 0 Å². The average Bonchev–Trinajstić information content (AvgIpc) is 2.56. The highest BCUT2D eigenvalue weighted by atomic mass is 32.2. The molecule has 1 aromatic carbocycles. The maximum absolute atomic E-state index is 12.9. The van der Waals surface area contributed by atoms with Crippen LogP contribution in [0.5, 0.6) is 0 Å². The summed E-state index contributed by atoms with van der Waals surface area (Å²) in [4.78, 5) is 1.33. The van der Waals surface area contributed by atoms with Crippen LogP contribution in [0.3, 0.4) is 0 Å². The zero-order valence-electron chi connectivity index (χ0n) is 7.92. The Morgan fingerprint density at radius 2 is 2.21 bits per heavy atom. The van der Waals surface area contributed by atoms with Crippen LogP contribution >= 0.6 is 23.1 Å². The second kappa shape index (κ2) is 4.32. The molecule has 0 aliphatic carbocycles. The van der Waals surface area contributed by atoms with Gasteiger partial charge >= 0.3 is 0 Å². The molecule has 0 aliphatic rings. The van der Waals surface area contributed by atoms with Gasteiger partial charge in [-0.15, -0.1) is 11.3 Å². The van der Waals surface area contributed by atoms with Gasteiger partial charge in [0.05, 0.1) is 0 Å². The largest absolute Gasteiger partial charge is 0.207 e. The summed E-state index contributed by atoms with van der Waals surface area (Å²) in [5.74, 6) is 2.02. The van der Waals surface area contributed by atoms with Gasteiger partial charge < -0.3 is 0 Å². The lowest BCUT2D eigenvalue weighted by Crippen LogP contribution is -1.72. The van der Waals surface area contributed by atoms with Gasteiger partial charge in [0.2, 0.25) is 0 Å². The average molecular weight is 226 g/mol. The van der Waals surface area contributed by atoms with Crippen molar-refractivity contribution in [1.82, 2.24) is 0 Å². The molecule has 0 atom stereocenters. The number of thioether (sulfide) groups is 1. The summed E-state index contributed by atoms with van der Waals surface area (Å²) in [6.45, 7) is 2.15. The molecule has 0 nitrogen and oxygen atoms in total. The van der Waals surface area contributed by atoms with Crippen molar-refractivity contribution in [3.63, 3.8) is 0 Å². The van der Waals surface area contributed by atoms with Crippen molar-refractivity contribution < 1.29 is 4.39 Å². The fourth-order valence-corrected chi connectivity index (χ4v) is 3.16. The van der Waals surface area contributed by atoms with Crippen molar-refractivity contribution in [1.29, 1.82) is 0 Å². The van der Waals surface area contributed by atoms with Crippen LogP contribution in [0.25, 0.3) is 10.1 Å². The van der Waals surface area contributed by atoms with Gasteiger partial charge in [0.15, 0.2) is 0 Å². The van der Waals surface area contributed by atoms with E-state index in [1.807, 2.05) is 17.8 Å². The van der Waals surface area contributed by atoms with Gasteiger partial charge in [0, 0.05) is 15.3 Å². The van der Waals surface area contributed by atoms with E-state index in [4.69, 9.17) is 0 Å². The summed E-state index contributed by atoms with van der Waals surface area (Å²) < 4.78 is 14.1. The van der Waals surface area contributed by atoms with Crippen molar-refractivity contribution in [3.05, 3.63) is 35.0 Å². The molecule has 0 saturated heterocycles. The van der Waals surface area contributed by atoms with Crippen molar-refractivity contribution >= 4 is 33.2 Å². The number of thiophene rings is 1. The second-order valence-corrected chi connectivity index (χ2v) is 5.47. The van der Waals surface area contributed by atoms with Gasteiger partial charge in [-0.2, -0.15) is 11.8 Å². The third kappa shape index (κ3) is 2.10. The molecular formula is C11H11FS2. The highest BCUT2D eigenvalue weighted by molar-refractivity contribution is 7.98. The molecular weight excluding hydrogens is 215 g/mol. The highest BCUT2D eigenvalue weighted by Gasteiger charge is 2.02. The predicted octanol–water partition coefficient (Wildman–Crippen LogP) is 4.29. The molecule has 0 N–H and O–H groups in total. The highest BCUT2D eigenvalue weighted by Crippen LogP contribution is 2.28. The van der Waals surface area contributed by atoms with Crippen LogP contribution in [0.1, 0.15) is 11.8 Å². The molecule has 3 heteroatoms. The van der Waals surface area contributed by atoms with Crippen molar-refractivity contribution in [2.75, 3.05) is 5.75 Å². The molecule has 74 valence electrons. The van der Waals surface area contributed by atoms with Gasteiger partial charge in [-0.3, -0.25) is 0 Å². The Balaban J connectivity index is 2.32. The lowest BCUT2D eigenvalue weighted by Gasteiger charge is -1.91. The number of fused-ring (bicyclic) bond motifs is 1. The van der Waals surface area contributed by atoms with E-state index < -0.39 is 0 Å². The first-order chi connectivity index (χ1) is 6.79. The molecule has 2 aromatic rings. The molecule has 0 aliphatic heterocycles. The monoisotopic (exact) mass is 226 g/mol. The van der Waals surface area contributed by atoms with E-state index in [0.29, 0.717) is 0 Å². The molecule has 14 heavy (non-hydrogen) atoms. The fourth-order valence-electron chi connectivity index (χ4n) is 1.34. The number of benzene rings is 1. The van der Waals surface area contributed by atoms with E-state index >= 15 is 0 Å². The van der Waals surface area contributed by atoms with Gasteiger partial charge in [0.1, 0.15) is 5.82 Å². The summed E-state index contributed by atoms with van der Waals surface area (Å²) >= 11 is 3.66. The Kier molecular flexibility index (Phi) is 3.08. The molecule has 0 bridgehead atoms. The van der Waals surface area contributed by atoms with Gasteiger partial charge in [-0.25, -0.2) is 4.39 Å². The molecule has 0 saturated carbocycles. The summed E-state index contributed by atoms with van der Waals surface area (Å²) in [6, 6.07) is 7.07. The van der Waals surface area contributed by atoms with E-state index in [0.717, 1.165) is 16.9 Å². The molecule has 2 rings (SSSR count). The van der Waals surface area contributed by atoms with E-state index in [1.54, 1.807) is 17.4 Å². The molecule has 1 aromatic heterocycles. The quantitative estimate of drug-likeness (QED) is 0.752. The molecule has 0 unspecified atom stereocenters. The Bertz CT molecular complexity index is 434. The number of rotatable bonds is 3. The fraction of sp³-hybridized carbons (Fsp3) is 0.273. The third-order valence-corrected chi connectivity index (χ3v) is 4.20. The Hall–Kier alpha value is -0.540. The van der Waals surface area contributed by atoms with E-state index in [-0.39, 0.29) is 5.82 Å². The smallest absolute Gasteiger partial charge is 0.123 e. The SMILES string of the molecule is CCSCc1cc2cc(F)ccc2s1. The minimum atomic E-state index is -0.148. The lowest BCUT2D eigenvalue weighted by molar-refractivity contribution is 0.630. The molecule has 0 fully saturated rings. The summed E-state index contributed by atoms with van der Waals surface area (Å²) in [7, 11) is 0. The van der Waals surface area contributed by atoms with E-state index in [1.165, 1.54) is 15.6 Å². The predicted molar refractivity (Wildman–Crippen MR) is 63.6 cm³/mol. The maximum atomic E-state index is 12.9. The summed E-state index contributed by atoms with van der Waals surface area (Å²) in [5.41, 5.74) is 0. The molecule has 0 spiro atoms. The summed E-state index contributed by atoms with van der Waals surface area (Å²) in [6.07, 6.45) is 0. The standard InChI is InChI=1S/C11H11FS2/c1-2-13-7-10-6-8-5-9(12)3-4-11(8)14-10/h3-6H,2,7H2,1H3. The minimum absolute atomic E-state index is 0.148. The number of halogens is 1. The maximum Gasteiger partial charge on any atom is 0.123 e. The molecule has 1 heterocycles. The van der Waals surface area contributed by atoms with Crippen LogP contribution in [0.2, 0.25) is 0 Å². The number of hydrogen-bond acceptors (Lipinski definition) is 2. The molecule has 0 radical (unpaired) electrons. The zero-order valence-corrected chi connectivity index (χ0v) is 9.55. The third-order valence-electron chi connectivity index (χ3n) is 1.98.